The third-order valence-corrected chi connectivity index (χ3v) is 1.85. The lowest BCUT2D eigenvalue weighted by molar-refractivity contribution is -0.114. The summed E-state index contributed by atoms with van der Waals surface area (Å²) in [5.74, 6) is 5.42. The Labute approximate surface area is 93.6 Å². The van der Waals surface area contributed by atoms with E-state index in [-0.39, 0.29) is 12.5 Å². The number of carbonyl (C=O) groups excluding carboxylic acids is 1. The summed E-state index contributed by atoms with van der Waals surface area (Å²) in [6.07, 6.45) is 0. The van der Waals surface area contributed by atoms with Crippen molar-refractivity contribution in [2.45, 2.75) is 6.92 Å². The third kappa shape index (κ3) is 3.62. The fraction of sp³-hybridized carbons (Fsp3) is 0.182. The minimum Gasteiger partial charge on any atom is -0.325 e. The molecular formula is C11H11ClN2O. The van der Waals surface area contributed by atoms with Crippen LogP contribution in [-0.4, -0.2) is 12.5 Å². The Bertz CT molecular complexity index is 432. The summed E-state index contributed by atoms with van der Waals surface area (Å²) in [7, 11) is 0. The quantitative estimate of drug-likeness (QED) is 0.710. The van der Waals surface area contributed by atoms with E-state index in [0.29, 0.717) is 16.3 Å². The van der Waals surface area contributed by atoms with E-state index in [4.69, 9.17) is 17.3 Å². The number of hydrogen-bond donors (Lipinski definition) is 2. The van der Waals surface area contributed by atoms with E-state index in [2.05, 4.69) is 17.2 Å². The highest BCUT2D eigenvalue weighted by Gasteiger charge is 2.02. The smallest absolute Gasteiger partial charge is 0.221 e. The predicted molar refractivity (Wildman–Crippen MR) is 61.7 cm³/mol. The molecule has 1 aromatic rings. The molecule has 1 rings (SSSR count). The van der Waals surface area contributed by atoms with Gasteiger partial charge in [0.15, 0.2) is 0 Å². The highest BCUT2D eigenvalue weighted by molar-refractivity contribution is 6.31. The first kappa shape index (κ1) is 11.6. The van der Waals surface area contributed by atoms with Crippen molar-refractivity contribution in [2.75, 3.05) is 11.9 Å². The summed E-state index contributed by atoms with van der Waals surface area (Å²) in [6, 6.07) is 5.12. The average molecular weight is 223 g/mol. The van der Waals surface area contributed by atoms with Crippen molar-refractivity contribution in [3.05, 3.63) is 28.8 Å². The van der Waals surface area contributed by atoms with E-state index in [1.165, 1.54) is 6.92 Å². The number of nitrogens with one attached hydrogen (secondary N) is 1. The average Bonchev–Trinajstić information content (AvgIpc) is 2.16. The number of rotatable bonds is 1. The zero-order valence-corrected chi connectivity index (χ0v) is 9.06. The number of carbonyl (C=O) groups is 1. The van der Waals surface area contributed by atoms with Gasteiger partial charge in [0.2, 0.25) is 5.91 Å². The molecule has 3 nitrogen and oxygen atoms in total. The monoisotopic (exact) mass is 222 g/mol. The lowest BCUT2D eigenvalue weighted by Gasteiger charge is -2.05. The number of nitrogens with two attached hydrogens (primary N) is 1. The molecule has 0 aliphatic carbocycles. The van der Waals surface area contributed by atoms with E-state index < -0.39 is 0 Å². The van der Waals surface area contributed by atoms with Gasteiger partial charge in [-0.05, 0) is 18.2 Å². The first-order chi connectivity index (χ1) is 7.13. The number of amides is 1. The highest BCUT2D eigenvalue weighted by atomic mass is 35.5. The van der Waals surface area contributed by atoms with Crippen molar-refractivity contribution >= 4 is 23.2 Å². The van der Waals surface area contributed by atoms with E-state index in [1.807, 2.05) is 0 Å². The molecule has 78 valence electrons. The molecule has 1 aromatic carbocycles. The van der Waals surface area contributed by atoms with Gasteiger partial charge < -0.3 is 11.1 Å². The molecule has 0 fully saturated rings. The second-order valence-corrected chi connectivity index (χ2v) is 3.31. The maximum atomic E-state index is 10.9. The van der Waals surface area contributed by atoms with Crippen LogP contribution in [-0.2, 0) is 4.79 Å². The van der Waals surface area contributed by atoms with Crippen LogP contribution in [0, 0.1) is 11.8 Å². The Balaban J connectivity index is 3.08. The Morgan fingerprint density at radius 1 is 1.60 bits per heavy atom. The number of hydrogen-bond acceptors (Lipinski definition) is 2. The summed E-state index contributed by atoms with van der Waals surface area (Å²) in [5, 5.41) is 3.21. The number of benzene rings is 1. The number of anilines is 1. The molecule has 0 saturated carbocycles. The van der Waals surface area contributed by atoms with Crippen LogP contribution in [0.15, 0.2) is 18.2 Å². The molecule has 0 aliphatic heterocycles. The topological polar surface area (TPSA) is 55.1 Å². The molecule has 0 heterocycles. The zero-order valence-electron chi connectivity index (χ0n) is 8.30. The Morgan fingerprint density at radius 3 is 2.93 bits per heavy atom. The van der Waals surface area contributed by atoms with E-state index in [1.54, 1.807) is 18.2 Å². The van der Waals surface area contributed by atoms with E-state index >= 15 is 0 Å². The first-order valence-corrected chi connectivity index (χ1v) is 4.77. The van der Waals surface area contributed by atoms with Crippen molar-refractivity contribution < 1.29 is 4.79 Å². The molecule has 0 unspecified atom stereocenters. The SMILES string of the molecule is CC(=O)Nc1cc(Cl)ccc1C#CCN. The molecule has 15 heavy (non-hydrogen) atoms. The largest absolute Gasteiger partial charge is 0.325 e. The van der Waals surface area contributed by atoms with Crippen LogP contribution in [0.5, 0.6) is 0 Å². The fourth-order valence-corrected chi connectivity index (χ4v) is 1.24. The van der Waals surface area contributed by atoms with Crippen molar-refractivity contribution in [2.24, 2.45) is 5.73 Å². The zero-order chi connectivity index (χ0) is 11.3. The predicted octanol–water partition coefficient (Wildman–Crippen LogP) is 1.61. The molecular weight excluding hydrogens is 212 g/mol. The van der Waals surface area contributed by atoms with Gasteiger partial charge in [0.25, 0.3) is 0 Å². The first-order valence-electron chi connectivity index (χ1n) is 4.39. The van der Waals surface area contributed by atoms with Crippen molar-refractivity contribution in [1.82, 2.24) is 0 Å². The van der Waals surface area contributed by atoms with Gasteiger partial charge in [0.1, 0.15) is 0 Å². The molecule has 0 bridgehead atoms. The standard InChI is InChI=1S/C11H11ClN2O/c1-8(15)14-11-7-10(12)5-4-9(11)3-2-6-13/h4-5,7H,6,13H2,1H3,(H,14,15). The van der Waals surface area contributed by atoms with Crippen molar-refractivity contribution in [3.63, 3.8) is 0 Å². The Morgan fingerprint density at radius 2 is 2.33 bits per heavy atom. The van der Waals surface area contributed by atoms with Crippen molar-refractivity contribution in [1.29, 1.82) is 0 Å². The summed E-state index contributed by atoms with van der Waals surface area (Å²) in [4.78, 5) is 10.9. The Hall–Kier alpha value is -1.50. The summed E-state index contributed by atoms with van der Waals surface area (Å²) >= 11 is 5.81. The summed E-state index contributed by atoms with van der Waals surface area (Å²) in [6.45, 7) is 1.71. The molecule has 0 saturated heterocycles. The van der Waals surface area contributed by atoms with Crippen LogP contribution in [0.2, 0.25) is 5.02 Å². The lowest BCUT2D eigenvalue weighted by atomic mass is 10.2. The minimum atomic E-state index is -0.159. The summed E-state index contributed by atoms with van der Waals surface area (Å²) < 4.78 is 0. The second-order valence-electron chi connectivity index (χ2n) is 2.88. The van der Waals surface area contributed by atoms with Crippen LogP contribution in [0.25, 0.3) is 0 Å². The van der Waals surface area contributed by atoms with Gasteiger partial charge in [0, 0.05) is 17.5 Å². The molecule has 0 atom stereocenters. The molecule has 3 N–H and O–H groups in total. The normalized spacial score (nSPS) is 9.00. The Kier molecular flexibility index (Phi) is 4.17. The van der Waals surface area contributed by atoms with Crippen molar-refractivity contribution in [3.8, 4) is 11.8 Å². The van der Waals surface area contributed by atoms with Crippen LogP contribution in [0.4, 0.5) is 5.69 Å². The van der Waals surface area contributed by atoms with E-state index in [9.17, 15) is 4.79 Å². The lowest BCUT2D eigenvalue weighted by Crippen LogP contribution is -2.07. The molecule has 0 radical (unpaired) electrons. The second kappa shape index (κ2) is 5.40. The van der Waals surface area contributed by atoms with Crippen LogP contribution in [0.1, 0.15) is 12.5 Å². The van der Waals surface area contributed by atoms with Gasteiger partial charge in [-0.15, -0.1) is 0 Å². The third-order valence-electron chi connectivity index (χ3n) is 1.62. The molecule has 0 spiro atoms. The maximum absolute atomic E-state index is 10.9. The number of halogens is 1. The molecule has 4 heteroatoms. The molecule has 0 aliphatic rings. The van der Waals surface area contributed by atoms with Crippen LogP contribution in [0.3, 0.4) is 0 Å². The molecule has 0 aromatic heterocycles. The molecule has 1 amide bonds. The van der Waals surface area contributed by atoms with Gasteiger partial charge in [-0.1, -0.05) is 23.4 Å². The van der Waals surface area contributed by atoms with Gasteiger partial charge in [-0.25, -0.2) is 0 Å². The van der Waals surface area contributed by atoms with Crippen LogP contribution < -0.4 is 11.1 Å². The van der Waals surface area contributed by atoms with Crippen LogP contribution >= 0.6 is 11.6 Å². The van der Waals surface area contributed by atoms with E-state index in [0.717, 1.165) is 0 Å². The highest BCUT2D eigenvalue weighted by Crippen LogP contribution is 2.20. The van der Waals surface area contributed by atoms with Gasteiger partial charge in [-0.3, -0.25) is 4.79 Å². The van der Waals surface area contributed by atoms with Gasteiger partial charge >= 0.3 is 0 Å². The van der Waals surface area contributed by atoms with Gasteiger partial charge in [0.05, 0.1) is 12.2 Å². The minimum absolute atomic E-state index is 0.159. The maximum Gasteiger partial charge on any atom is 0.221 e. The summed E-state index contributed by atoms with van der Waals surface area (Å²) in [5.41, 5.74) is 6.59. The van der Waals surface area contributed by atoms with Gasteiger partial charge in [-0.2, -0.15) is 0 Å². The fourth-order valence-electron chi connectivity index (χ4n) is 1.06.